The molecule has 2 rings (SSSR count). The number of hydrogen-bond donors (Lipinski definition) is 1. The van der Waals surface area contributed by atoms with Crippen molar-refractivity contribution in [1.82, 2.24) is 20.3 Å². The highest BCUT2D eigenvalue weighted by atomic mass is 16.5. The lowest BCUT2D eigenvalue weighted by Gasteiger charge is -2.23. The Bertz CT molecular complexity index is 385. The van der Waals surface area contributed by atoms with Crippen LogP contribution in [0.2, 0.25) is 0 Å². The third-order valence-corrected chi connectivity index (χ3v) is 3.14. The van der Waals surface area contributed by atoms with Crippen molar-refractivity contribution in [2.75, 3.05) is 13.2 Å². The van der Waals surface area contributed by atoms with Crippen molar-refractivity contribution in [2.45, 2.75) is 45.2 Å². The number of aryl methyl sites for hydroxylation is 1. The number of carbonyl (C=O) groups excluding carboxylic acids is 1. The summed E-state index contributed by atoms with van der Waals surface area (Å²) in [5, 5.41) is 11.2. The Morgan fingerprint density at radius 2 is 2.50 bits per heavy atom. The summed E-state index contributed by atoms with van der Waals surface area (Å²) in [7, 11) is 0. The van der Waals surface area contributed by atoms with Crippen molar-refractivity contribution in [3.05, 3.63) is 11.9 Å². The predicted molar refractivity (Wildman–Crippen MR) is 66.2 cm³/mol. The molecule has 6 nitrogen and oxygen atoms in total. The molecule has 1 aromatic heterocycles. The quantitative estimate of drug-likeness (QED) is 0.791. The number of piperidine rings is 1. The van der Waals surface area contributed by atoms with E-state index in [9.17, 15) is 4.79 Å². The first-order chi connectivity index (χ1) is 8.79. The number of aromatic nitrogens is 3. The Balaban J connectivity index is 1.80. The van der Waals surface area contributed by atoms with Crippen LogP contribution in [0.4, 0.5) is 0 Å². The van der Waals surface area contributed by atoms with Crippen molar-refractivity contribution in [3.63, 3.8) is 0 Å². The molecule has 0 unspecified atom stereocenters. The van der Waals surface area contributed by atoms with E-state index in [1.165, 1.54) is 19.3 Å². The summed E-state index contributed by atoms with van der Waals surface area (Å²) >= 11 is 0. The first kappa shape index (κ1) is 13.0. The van der Waals surface area contributed by atoms with Gasteiger partial charge in [-0.05, 0) is 32.7 Å². The second kappa shape index (κ2) is 6.49. The van der Waals surface area contributed by atoms with E-state index in [2.05, 4.69) is 15.6 Å². The third-order valence-electron chi connectivity index (χ3n) is 3.14. The molecule has 6 heteroatoms. The van der Waals surface area contributed by atoms with Crippen LogP contribution < -0.4 is 5.32 Å². The van der Waals surface area contributed by atoms with Gasteiger partial charge in [-0.25, -0.2) is 4.79 Å². The van der Waals surface area contributed by atoms with Crippen molar-refractivity contribution in [1.29, 1.82) is 0 Å². The lowest BCUT2D eigenvalue weighted by Crippen LogP contribution is -2.34. The Kier molecular flexibility index (Phi) is 4.69. The standard InChI is InChI=1S/C12H20N4O2/c1-2-18-12(17)11-9-16(15-14-11)8-6-10-5-3-4-7-13-10/h9-10,13H,2-8H2,1H3/t10-/m0/s1. The van der Waals surface area contributed by atoms with Gasteiger partial charge in [0.2, 0.25) is 0 Å². The smallest absolute Gasteiger partial charge is 0.360 e. The van der Waals surface area contributed by atoms with Crippen LogP contribution in [0, 0.1) is 0 Å². The molecule has 0 aliphatic carbocycles. The molecule has 0 saturated carbocycles. The lowest BCUT2D eigenvalue weighted by molar-refractivity contribution is 0.0519. The van der Waals surface area contributed by atoms with E-state index in [1.807, 2.05) is 0 Å². The van der Waals surface area contributed by atoms with Crippen molar-refractivity contribution >= 4 is 5.97 Å². The van der Waals surface area contributed by atoms with Crippen molar-refractivity contribution < 1.29 is 9.53 Å². The van der Waals surface area contributed by atoms with E-state index in [0.717, 1.165) is 19.5 Å². The Morgan fingerprint density at radius 3 is 3.22 bits per heavy atom. The molecule has 0 aromatic carbocycles. The van der Waals surface area contributed by atoms with Gasteiger partial charge >= 0.3 is 5.97 Å². The molecule has 0 amide bonds. The fourth-order valence-corrected chi connectivity index (χ4v) is 2.16. The zero-order valence-corrected chi connectivity index (χ0v) is 10.8. The molecular formula is C12H20N4O2. The van der Waals surface area contributed by atoms with Gasteiger partial charge in [0.15, 0.2) is 5.69 Å². The minimum atomic E-state index is -0.403. The second-order valence-corrected chi connectivity index (χ2v) is 4.52. The largest absolute Gasteiger partial charge is 0.461 e. The zero-order chi connectivity index (χ0) is 12.8. The highest BCUT2D eigenvalue weighted by Crippen LogP contribution is 2.10. The van der Waals surface area contributed by atoms with Crippen LogP contribution in [0.1, 0.15) is 43.1 Å². The average Bonchev–Trinajstić information content (AvgIpc) is 2.87. The van der Waals surface area contributed by atoms with E-state index in [0.29, 0.717) is 12.6 Å². The molecule has 2 heterocycles. The van der Waals surface area contributed by atoms with Crippen LogP contribution in [-0.2, 0) is 11.3 Å². The molecule has 18 heavy (non-hydrogen) atoms. The Hall–Kier alpha value is -1.43. The molecule has 1 aliphatic heterocycles. The predicted octanol–water partition coefficient (Wildman–Crippen LogP) is 0.987. The molecule has 1 atom stereocenters. The van der Waals surface area contributed by atoms with Gasteiger partial charge in [-0.1, -0.05) is 11.6 Å². The van der Waals surface area contributed by atoms with Crippen LogP contribution in [0.25, 0.3) is 0 Å². The minimum Gasteiger partial charge on any atom is -0.461 e. The monoisotopic (exact) mass is 252 g/mol. The fraction of sp³-hybridized carbons (Fsp3) is 0.750. The first-order valence-electron chi connectivity index (χ1n) is 6.60. The van der Waals surface area contributed by atoms with E-state index in [-0.39, 0.29) is 5.69 Å². The SMILES string of the molecule is CCOC(=O)c1cn(CC[C@@H]2CCCCN2)nn1. The zero-order valence-electron chi connectivity index (χ0n) is 10.8. The van der Waals surface area contributed by atoms with Crippen molar-refractivity contribution in [2.24, 2.45) is 0 Å². The van der Waals surface area contributed by atoms with Gasteiger partial charge in [0.1, 0.15) is 0 Å². The summed E-state index contributed by atoms with van der Waals surface area (Å²) in [5.74, 6) is -0.403. The molecular weight excluding hydrogens is 232 g/mol. The highest BCUT2D eigenvalue weighted by Gasteiger charge is 2.14. The molecule has 1 aromatic rings. The first-order valence-corrected chi connectivity index (χ1v) is 6.60. The van der Waals surface area contributed by atoms with Gasteiger partial charge in [0.05, 0.1) is 12.8 Å². The van der Waals surface area contributed by atoms with Gasteiger partial charge in [0.25, 0.3) is 0 Å². The molecule has 1 saturated heterocycles. The second-order valence-electron chi connectivity index (χ2n) is 4.52. The Labute approximate surface area is 107 Å². The molecule has 1 fully saturated rings. The van der Waals surface area contributed by atoms with E-state index in [4.69, 9.17) is 4.74 Å². The number of rotatable bonds is 5. The number of nitrogens with one attached hydrogen (secondary N) is 1. The maximum atomic E-state index is 11.4. The van der Waals surface area contributed by atoms with Gasteiger partial charge in [-0.15, -0.1) is 5.10 Å². The lowest BCUT2D eigenvalue weighted by atomic mass is 10.0. The normalized spacial score (nSPS) is 19.7. The topological polar surface area (TPSA) is 69.0 Å². The summed E-state index contributed by atoms with van der Waals surface area (Å²) in [6, 6.07) is 0.564. The average molecular weight is 252 g/mol. The van der Waals surface area contributed by atoms with Crippen LogP contribution in [0.15, 0.2) is 6.20 Å². The fourth-order valence-electron chi connectivity index (χ4n) is 2.16. The van der Waals surface area contributed by atoms with Gasteiger partial charge in [0, 0.05) is 12.6 Å². The summed E-state index contributed by atoms with van der Waals surface area (Å²) < 4.78 is 6.58. The van der Waals surface area contributed by atoms with E-state index < -0.39 is 5.97 Å². The minimum absolute atomic E-state index is 0.286. The van der Waals surface area contributed by atoms with Crippen LogP contribution in [0.5, 0.6) is 0 Å². The molecule has 0 radical (unpaired) electrons. The number of hydrogen-bond acceptors (Lipinski definition) is 5. The van der Waals surface area contributed by atoms with Crippen LogP contribution >= 0.6 is 0 Å². The third kappa shape index (κ3) is 3.53. The molecule has 1 N–H and O–H groups in total. The summed E-state index contributed by atoms with van der Waals surface area (Å²) in [4.78, 5) is 11.4. The number of ether oxygens (including phenoxy) is 1. The molecule has 0 spiro atoms. The number of esters is 1. The van der Waals surface area contributed by atoms with Crippen LogP contribution in [0.3, 0.4) is 0 Å². The summed E-state index contributed by atoms with van der Waals surface area (Å²) in [6.07, 6.45) is 6.46. The summed E-state index contributed by atoms with van der Waals surface area (Å²) in [6.45, 7) is 4.02. The Morgan fingerprint density at radius 1 is 1.61 bits per heavy atom. The highest BCUT2D eigenvalue weighted by molar-refractivity contribution is 5.86. The number of carbonyl (C=O) groups is 1. The molecule has 1 aliphatic rings. The van der Waals surface area contributed by atoms with Gasteiger partial charge in [-0.2, -0.15) is 0 Å². The van der Waals surface area contributed by atoms with Crippen molar-refractivity contribution in [3.8, 4) is 0 Å². The van der Waals surface area contributed by atoms with Gasteiger partial charge in [-0.3, -0.25) is 4.68 Å². The number of nitrogens with zero attached hydrogens (tertiary/aromatic N) is 3. The van der Waals surface area contributed by atoms with Gasteiger partial charge < -0.3 is 10.1 Å². The summed E-state index contributed by atoms with van der Waals surface area (Å²) in [5.41, 5.74) is 0.286. The van der Waals surface area contributed by atoms with E-state index >= 15 is 0 Å². The molecule has 0 bridgehead atoms. The maximum absolute atomic E-state index is 11.4. The molecule has 100 valence electrons. The maximum Gasteiger partial charge on any atom is 0.360 e. The van der Waals surface area contributed by atoms with Crippen LogP contribution in [-0.4, -0.2) is 40.2 Å². The van der Waals surface area contributed by atoms with E-state index in [1.54, 1.807) is 17.8 Å².